The van der Waals surface area contributed by atoms with Crippen LogP contribution >= 0.6 is 0 Å². The predicted molar refractivity (Wildman–Crippen MR) is 152 cm³/mol. The third-order valence-electron chi connectivity index (χ3n) is 6.57. The molecule has 1 amide bonds. The van der Waals surface area contributed by atoms with Crippen LogP contribution in [0.25, 0.3) is 6.08 Å². The van der Waals surface area contributed by atoms with Crippen molar-refractivity contribution in [2.75, 3.05) is 44.0 Å². The minimum absolute atomic E-state index is 0.0485. The monoisotopic (exact) mass is 587 g/mol. The highest BCUT2D eigenvalue weighted by Crippen LogP contribution is 2.29. The van der Waals surface area contributed by atoms with E-state index in [9.17, 15) is 22.8 Å². The lowest BCUT2D eigenvalue weighted by atomic mass is 10.2. The van der Waals surface area contributed by atoms with Crippen molar-refractivity contribution in [3.8, 4) is 5.75 Å². The number of ether oxygens (including phenoxy) is 2. The first kappa shape index (κ1) is 29.8. The number of aromatic nitrogens is 2. The van der Waals surface area contributed by atoms with Crippen molar-refractivity contribution < 1.29 is 27.1 Å². The van der Waals surface area contributed by atoms with E-state index in [0.717, 1.165) is 11.3 Å². The minimum Gasteiger partial charge on any atom is -0.495 e. The first-order chi connectivity index (χ1) is 19.7. The Balaban J connectivity index is 1.71. The summed E-state index contributed by atoms with van der Waals surface area (Å²) in [7, 11) is -2.52. The number of morpholine rings is 1. The van der Waals surface area contributed by atoms with Crippen molar-refractivity contribution in [1.29, 1.82) is 0 Å². The lowest BCUT2D eigenvalue weighted by Crippen LogP contribution is -2.40. The van der Waals surface area contributed by atoms with Crippen LogP contribution < -0.4 is 26.6 Å². The highest BCUT2D eigenvalue weighted by Gasteiger charge is 2.29. The highest BCUT2D eigenvalue weighted by atomic mass is 32.2. The van der Waals surface area contributed by atoms with Gasteiger partial charge in [0.2, 0.25) is 10.0 Å². The summed E-state index contributed by atoms with van der Waals surface area (Å²) in [5, 5.41) is 0. The van der Waals surface area contributed by atoms with Gasteiger partial charge >= 0.3 is 5.69 Å². The molecule has 0 aliphatic carbocycles. The number of unbranched alkanes of at least 4 members (excludes halogenated alkanes) is 1. The Morgan fingerprint density at radius 3 is 2.63 bits per heavy atom. The maximum atomic E-state index is 13.5. The summed E-state index contributed by atoms with van der Waals surface area (Å²) in [6, 6.07) is 7.79. The number of carbonyl (C=O) groups is 1. The van der Waals surface area contributed by atoms with Crippen LogP contribution in [0.3, 0.4) is 0 Å². The maximum Gasteiger partial charge on any atom is 0.330 e. The molecular formula is C27H33N5O8S. The Bertz CT molecular complexity index is 1620. The third-order valence-corrected chi connectivity index (χ3v) is 8.49. The lowest BCUT2D eigenvalue weighted by molar-refractivity contribution is -0.114. The van der Waals surface area contributed by atoms with Gasteiger partial charge in [-0.15, -0.1) is 0 Å². The molecule has 4 rings (SSSR count). The molecule has 0 saturated carbocycles. The summed E-state index contributed by atoms with van der Waals surface area (Å²) >= 11 is 0. The van der Waals surface area contributed by atoms with Crippen LogP contribution in [-0.4, -0.2) is 61.6 Å². The van der Waals surface area contributed by atoms with Gasteiger partial charge < -0.3 is 19.6 Å². The molecule has 3 aromatic rings. The average molecular weight is 588 g/mol. The summed E-state index contributed by atoms with van der Waals surface area (Å²) in [6.07, 6.45) is 5.46. The second kappa shape index (κ2) is 13.0. The van der Waals surface area contributed by atoms with E-state index in [1.165, 1.54) is 46.5 Å². The number of sulfonamides is 1. The van der Waals surface area contributed by atoms with Gasteiger partial charge in [0.05, 0.1) is 33.1 Å². The number of hydrogen-bond acceptors (Lipinski definition) is 9. The van der Waals surface area contributed by atoms with Crippen LogP contribution in [0.2, 0.25) is 0 Å². The molecule has 2 aromatic heterocycles. The molecule has 220 valence electrons. The fourth-order valence-electron chi connectivity index (χ4n) is 4.38. The number of amides is 1. The van der Waals surface area contributed by atoms with E-state index in [4.69, 9.17) is 19.6 Å². The number of nitrogens with one attached hydrogen (secondary N) is 1. The molecule has 0 unspecified atom stereocenters. The number of furan rings is 1. The van der Waals surface area contributed by atoms with Gasteiger partial charge in [-0.3, -0.25) is 24.0 Å². The zero-order valence-corrected chi connectivity index (χ0v) is 23.7. The molecular weight excluding hydrogens is 554 g/mol. The van der Waals surface area contributed by atoms with Gasteiger partial charge in [-0.1, -0.05) is 19.4 Å². The zero-order chi connectivity index (χ0) is 29.6. The van der Waals surface area contributed by atoms with Crippen molar-refractivity contribution in [3.05, 3.63) is 74.8 Å². The smallest absolute Gasteiger partial charge is 0.330 e. The van der Waals surface area contributed by atoms with Crippen molar-refractivity contribution in [2.45, 2.75) is 37.8 Å². The van der Waals surface area contributed by atoms with E-state index in [-0.39, 0.29) is 61.5 Å². The van der Waals surface area contributed by atoms with E-state index in [2.05, 4.69) is 4.98 Å². The molecule has 0 atom stereocenters. The number of nitrogen functional groups attached to an aromatic ring is 1. The van der Waals surface area contributed by atoms with Gasteiger partial charge in [-0.2, -0.15) is 4.31 Å². The summed E-state index contributed by atoms with van der Waals surface area (Å²) < 4.78 is 45.2. The Hall–Kier alpha value is -4.14. The molecule has 3 N–H and O–H groups in total. The van der Waals surface area contributed by atoms with Crippen LogP contribution in [0.1, 0.15) is 31.1 Å². The summed E-state index contributed by atoms with van der Waals surface area (Å²) in [5.41, 5.74) is 4.98. The molecule has 41 heavy (non-hydrogen) atoms. The van der Waals surface area contributed by atoms with Crippen molar-refractivity contribution in [1.82, 2.24) is 13.9 Å². The molecule has 0 bridgehead atoms. The quantitative estimate of drug-likeness (QED) is 0.318. The van der Waals surface area contributed by atoms with Gasteiger partial charge in [0, 0.05) is 25.7 Å². The number of aromatic amines is 1. The predicted octanol–water partition coefficient (Wildman–Crippen LogP) is 1.79. The van der Waals surface area contributed by atoms with Gasteiger partial charge in [0.1, 0.15) is 22.2 Å². The normalized spacial score (nSPS) is 14.4. The third kappa shape index (κ3) is 6.61. The second-order valence-electron chi connectivity index (χ2n) is 9.26. The zero-order valence-electron chi connectivity index (χ0n) is 22.9. The molecule has 3 heterocycles. The molecule has 1 aromatic carbocycles. The number of hydrogen-bond donors (Lipinski definition) is 2. The number of anilines is 2. The number of carbonyl (C=O) groups excluding carboxylic acids is 1. The van der Waals surface area contributed by atoms with Gasteiger partial charge in [0.25, 0.3) is 11.5 Å². The van der Waals surface area contributed by atoms with E-state index in [0.29, 0.717) is 17.7 Å². The Kier molecular flexibility index (Phi) is 9.47. The first-order valence-corrected chi connectivity index (χ1v) is 14.5. The molecule has 1 saturated heterocycles. The van der Waals surface area contributed by atoms with Crippen LogP contribution in [0.15, 0.2) is 61.6 Å². The number of nitrogens with two attached hydrogens (primary N) is 1. The Morgan fingerprint density at radius 1 is 1.22 bits per heavy atom. The van der Waals surface area contributed by atoms with Crippen LogP contribution in [0.4, 0.5) is 11.5 Å². The number of benzene rings is 1. The second-order valence-corrected chi connectivity index (χ2v) is 11.2. The molecule has 14 heteroatoms. The van der Waals surface area contributed by atoms with Gasteiger partial charge in [-0.25, -0.2) is 13.2 Å². The lowest BCUT2D eigenvalue weighted by Gasteiger charge is -2.26. The number of nitrogens with zero attached hydrogens (tertiary/aromatic N) is 3. The van der Waals surface area contributed by atoms with Crippen molar-refractivity contribution in [2.24, 2.45) is 0 Å². The number of H-pyrrole nitrogens is 1. The van der Waals surface area contributed by atoms with Crippen LogP contribution in [0.5, 0.6) is 5.75 Å². The standard InChI is InChI=1S/C27H33N5O8S/c1-3-4-11-31-25(28)24(26(34)29-27(31)35)32(18-20-6-5-14-40-20)23(33)10-8-19-7-9-21(38-2)22(17-19)41(36,37)30-12-15-39-16-13-30/h5-10,14,17H,3-4,11-13,15-16,18,28H2,1-2H3,(H,29,34,35). The van der Waals surface area contributed by atoms with Crippen molar-refractivity contribution in [3.63, 3.8) is 0 Å². The van der Waals surface area contributed by atoms with Crippen LogP contribution in [0, 0.1) is 0 Å². The van der Waals surface area contributed by atoms with E-state index in [1.54, 1.807) is 18.2 Å². The highest BCUT2D eigenvalue weighted by molar-refractivity contribution is 7.89. The Morgan fingerprint density at radius 2 is 1.98 bits per heavy atom. The molecule has 1 fully saturated rings. The van der Waals surface area contributed by atoms with Crippen molar-refractivity contribution >= 4 is 33.5 Å². The van der Waals surface area contributed by atoms with Crippen LogP contribution in [-0.2, 0) is 32.6 Å². The maximum absolute atomic E-state index is 13.5. The molecule has 13 nitrogen and oxygen atoms in total. The summed E-state index contributed by atoms with van der Waals surface area (Å²) in [6.45, 7) is 3.06. The van der Waals surface area contributed by atoms with Gasteiger partial charge in [-0.05, 0) is 42.3 Å². The minimum atomic E-state index is -3.89. The van der Waals surface area contributed by atoms with Gasteiger partial charge in [0.15, 0.2) is 5.69 Å². The number of rotatable bonds is 11. The SMILES string of the molecule is CCCCn1c(N)c(N(Cc2ccco2)C(=O)C=Cc2ccc(OC)c(S(=O)(=O)N3CCOCC3)c2)c(=O)[nH]c1=O. The Labute approximate surface area is 236 Å². The van der Waals surface area contributed by atoms with E-state index in [1.807, 2.05) is 6.92 Å². The van der Waals surface area contributed by atoms with E-state index >= 15 is 0 Å². The fraction of sp³-hybridized carbons (Fsp3) is 0.370. The largest absolute Gasteiger partial charge is 0.495 e. The average Bonchev–Trinajstić information content (AvgIpc) is 3.49. The molecule has 1 aliphatic rings. The topological polar surface area (TPSA) is 170 Å². The molecule has 0 radical (unpaired) electrons. The summed E-state index contributed by atoms with van der Waals surface area (Å²) in [5.74, 6) is -0.259. The fourth-order valence-corrected chi connectivity index (χ4v) is 5.98. The molecule has 0 spiro atoms. The summed E-state index contributed by atoms with van der Waals surface area (Å²) in [4.78, 5) is 42.2. The first-order valence-electron chi connectivity index (χ1n) is 13.1. The molecule has 1 aliphatic heterocycles. The number of methoxy groups -OCH3 is 1. The van der Waals surface area contributed by atoms with E-state index < -0.39 is 27.2 Å².